The van der Waals surface area contributed by atoms with Crippen molar-refractivity contribution in [2.45, 2.75) is 26.1 Å². The summed E-state index contributed by atoms with van der Waals surface area (Å²) in [5.74, 6) is 0. The molecule has 0 aromatic heterocycles. The van der Waals surface area contributed by atoms with E-state index in [1.807, 2.05) is 0 Å². The minimum atomic E-state index is 0.236. The summed E-state index contributed by atoms with van der Waals surface area (Å²) in [7, 11) is 0. The van der Waals surface area contributed by atoms with Crippen LogP contribution in [0.15, 0.2) is 24.3 Å². The van der Waals surface area contributed by atoms with Gasteiger partial charge in [0.15, 0.2) is 0 Å². The molecule has 0 fully saturated rings. The molecule has 2 heterocycles. The van der Waals surface area contributed by atoms with Gasteiger partial charge in [0.2, 0.25) is 0 Å². The lowest BCUT2D eigenvalue weighted by Gasteiger charge is -2.12. The summed E-state index contributed by atoms with van der Waals surface area (Å²) in [6.45, 7) is 4.33. The first-order valence-electron chi connectivity index (χ1n) is 4.71. The van der Waals surface area contributed by atoms with Crippen LogP contribution < -0.4 is 0 Å². The minimum absolute atomic E-state index is 0.236. The maximum atomic E-state index is 5.79. The van der Waals surface area contributed by atoms with Crippen molar-refractivity contribution in [1.82, 2.24) is 0 Å². The fourth-order valence-corrected chi connectivity index (χ4v) is 2.39. The van der Waals surface area contributed by atoms with Crippen LogP contribution in [0, 0.1) is 13.8 Å². The van der Waals surface area contributed by atoms with Crippen molar-refractivity contribution < 1.29 is 4.74 Å². The zero-order valence-electron chi connectivity index (χ0n) is 7.87. The van der Waals surface area contributed by atoms with E-state index < -0.39 is 0 Å². The standard InChI is InChI=1S/C12H12O/c1-7-3-4-8(2)12-10-6-5-9(13-10)11(7)12/h3-6,9-10H,1-2H3/t9-,10+. The summed E-state index contributed by atoms with van der Waals surface area (Å²) < 4.78 is 5.79. The second-order valence-electron chi connectivity index (χ2n) is 3.89. The van der Waals surface area contributed by atoms with Crippen LogP contribution in [0.3, 0.4) is 0 Å². The summed E-state index contributed by atoms with van der Waals surface area (Å²) >= 11 is 0. The fourth-order valence-electron chi connectivity index (χ4n) is 2.39. The molecule has 3 rings (SSSR count). The minimum Gasteiger partial charge on any atom is -0.357 e. The van der Waals surface area contributed by atoms with Gasteiger partial charge in [-0.05, 0) is 36.1 Å². The number of hydrogen-bond acceptors (Lipinski definition) is 1. The lowest BCUT2D eigenvalue weighted by molar-refractivity contribution is 0.0875. The SMILES string of the molecule is Cc1ccc(C)c2c1[C@@H]1C=C[C@H]2O1. The predicted octanol–water partition coefficient (Wildman–Crippen LogP) is 2.99. The van der Waals surface area contributed by atoms with Gasteiger partial charge in [-0.3, -0.25) is 0 Å². The van der Waals surface area contributed by atoms with E-state index in [0.29, 0.717) is 0 Å². The number of ether oxygens (including phenoxy) is 1. The van der Waals surface area contributed by atoms with Crippen LogP contribution >= 0.6 is 0 Å². The molecule has 0 unspecified atom stereocenters. The highest BCUT2D eigenvalue weighted by molar-refractivity contribution is 5.50. The topological polar surface area (TPSA) is 9.23 Å². The molecule has 0 amide bonds. The van der Waals surface area contributed by atoms with Gasteiger partial charge in [-0.1, -0.05) is 24.3 Å². The van der Waals surface area contributed by atoms with Crippen molar-refractivity contribution in [1.29, 1.82) is 0 Å². The third-order valence-corrected chi connectivity index (χ3v) is 3.05. The molecule has 0 spiro atoms. The van der Waals surface area contributed by atoms with Crippen LogP contribution in [-0.4, -0.2) is 0 Å². The number of rotatable bonds is 0. The van der Waals surface area contributed by atoms with Crippen LogP contribution in [0.1, 0.15) is 34.5 Å². The Kier molecular flexibility index (Phi) is 1.26. The highest BCUT2D eigenvalue weighted by Gasteiger charge is 2.35. The Balaban J connectivity index is 2.33. The zero-order valence-corrected chi connectivity index (χ0v) is 7.87. The second kappa shape index (κ2) is 2.24. The summed E-state index contributed by atoms with van der Waals surface area (Å²) in [5, 5.41) is 0. The number of hydrogen-bond donors (Lipinski definition) is 0. The van der Waals surface area contributed by atoms with Crippen LogP contribution in [0.2, 0.25) is 0 Å². The van der Waals surface area contributed by atoms with Crippen molar-refractivity contribution >= 4 is 0 Å². The van der Waals surface area contributed by atoms with E-state index in [0.717, 1.165) is 0 Å². The largest absolute Gasteiger partial charge is 0.357 e. The Morgan fingerprint density at radius 1 is 0.923 bits per heavy atom. The summed E-state index contributed by atoms with van der Waals surface area (Å²) in [6, 6.07) is 4.37. The van der Waals surface area contributed by atoms with Gasteiger partial charge >= 0.3 is 0 Å². The van der Waals surface area contributed by atoms with Gasteiger partial charge in [0.05, 0.1) is 0 Å². The van der Waals surface area contributed by atoms with Crippen molar-refractivity contribution in [3.05, 3.63) is 46.5 Å². The molecule has 1 nitrogen and oxygen atoms in total. The van der Waals surface area contributed by atoms with Crippen molar-refractivity contribution in [2.75, 3.05) is 0 Å². The Morgan fingerprint density at radius 2 is 1.38 bits per heavy atom. The second-order valence-corrected chi connectivity index (χ2v) is 3.89. The van der Waals surface area contributed by atoms with Crippen molar-refractivity contribution in [2.24, 2.45) is 0 Å². The first kappa shape index (κ1) is 7.34. The normalized spacial score (nSPS) is 28.2. The molecule has 2 bridgehead atoms. The Bertz CT molecular complexity index is 367. The van der Waals surface area contributed by atoms with Crippen molar-refractivity contribution in [3.8, 4) is 0 Å². The van der Waals surface area contributed by atoms with Gasteiger partial charge < -0.3 is 4.74 Å². The molecule has 0 N–H and O–H groups in total. The molecule has 0 saturated carbocycles. The predicted molar refractivity (Wildman–Crippen MR) is 51.6 cm³/mol. The van der Waals surface area contributed by atoms with E-state index in [4.69, 9.17) is 4.74 Å². The Hall–Kier alpha value is -1.08. The average molecular weight is 172 g/mol. The van der Waals surface area contributed by atoms with E-state index in [9.17, 15) is 0 Å². The average Bonchev–Trinajstić information content (AvgIpc) is 2.70. The monoisotopic (exact) mass is 172 g/mol. The molecule has 1 heteroatoms. The number of benzene rings is 1. The quantitative estimate of drug-likeness (QED) is 0.547. The summed E-state index contributed by atoms with van der Waals surface area (Å²) in [4.78, 5) is 0. The van der Waals surface area contributed by atoms with Crippen molar-refractivity contribution in [3.63, 3.8) is 0 Å². The van der Waals surface area contributed by atoms with Gasteiger partial charge in [0.1, 0.15) is 12.2 Å². The smallest absolute Gasteiger partial charge is 0.103 e. The van der Waals surface area contributed by atoms with E-state index in [-0.39, 0.29) is 12.2 Å². The van der Waals surface area contributed by atoms with Crippen LogP contribution in [-0.2, 0) is 4.74 Å². The van der Waals surface area contributed by atoms with Gasteiger partial charge in [-0.25, -0.2) is 0 Å². The fraction of sp³-hybridized carbons (Fsp3) is 0.333. The highest BCUT2D eigenvalue weighted by atomic mass is 16.5. The van der Waals surface area contributed by atoms with Gasteiger partial charge in [0, 0.05) is 0 Å². The number of fused-ring (bicyclic) bond motifs is 5. The Morgan fingerprint density at radius 3 is 1.85 bits per heavy atom. The van der Waals surface area contributed by atoms with Crippen LogP contribution in [0.4, 0.5) is 0 Å². The van der Waals surface area contributed by atoms with Crippen LogP contribution in [0.5, 0.6) is 0 Å². The molecule has 2 aliphatic rings. The van der Waals surface area contributed by atoms with Crippen LogP contribution in [0.25, 0.3) is 0 Å². The number of aryl methyl sites for hydroxylation is 2. The van der Waals surface area contributed by atoms with Gasteiger partial charge in [0.25, 0.3) is 0 Å². The Labute approximate surface area is 78.0 Å². The molecule has 0 radical (unpaired) electrons. The third-order valence-electron chi connectivity index (χ3n) is 3.05. The molecule has 0 saturated heterocycles. The lowest BCUT2D eigenvalue weighted by atomic mass is 9.90. The molecule has 1 aromatic rings. The highest BCUT2D eigenvalue weighted by Crippen LogP contribution is 2.48. The van der Waals surface area contributed by atoms with E-state index in [1.54, 1.807) is 0 Å². The summed E-state index contributed by atoms with van der Waals surface area (Å²) in [5.41, 5.74) is 5.54. The maximum absolute atomic E-state index is 5.79. The van der Waals surface area contributed by atoms with Gasteiger partial charge in [-0.2, -0.15) is 0 Å². The third kappa shape index (κ3) is 0.802. The molecule has 0 aliphatic carbocycles. The molecular formula is C12H12O. The van der Waals surface area contributed by atoms with E-state index >= 15 is 0 Å². The molecule has 1 aromatic carbocycles. The molecule has 66 valence electrons. The lowest BCUT2D eigenvalue weighted by Crippen LogP contribution is -1.98. The maximum Gasteiger partial charge on any atom is 0.103 e. The molecule has 13 heavy (non-hydrogen) atoms. The summed E-state index contributed by atoms with van der Waals surface area (Å²) in [6.07, 6.45) is 4.80. The van der Waals surface area contributed by atoms with E-state index in [1.165, 1.54) is 22.3 Å². The van der Waals surface area contributed by atoms with Gasteiger partial charge in [-0.15, -0.1) is 0 Å². The zero-order chi connectivity index (χ0) is 9.00. The molecular weight excluding hydrogens is 160 g/mol. The first-order valence-corrected chi connectivity index (χ1v) is 4.71. The molecule has 2 atom stereocenters. The van der Waals surface area contributed by atoms with E-state index in [2.05, 4.69) is 38.1 Å². The molecule has 2 aliphatic heterocycles. The first-order chi connectivity index (χ1) is 6.27.